The molecule has 0 unspecified atom stereocenters. The first-order valence-electron chi connectivity index (χ1n) is 6.03. The SMILES string of the molecule is COc1cccc2c1CCO[C@@H]2C(=O)NCCN. The van der Waals surface area contributed by atoms with Gasteiger partial charge < -0.3 is 20.5 Å². The number of fused-ring (bicyclic) bond motifs is 1. The minimum Gasteiger partial charge on any atom is -0.496 e. The van der Waals surface area contributed by atoms with Gasteiger partial charge in [0.25, 0.3) is 5.91 Å². The summed E-state index contributed by atoms with van der Waals surface area (Å²) in [5.74, 6) is 0.669. The van der Waals surface area contributed by atoms with Gasteiger partial charge in [0.05, 0.1) is 13.7 Å². The highest BCUT2D eigenvalue weighted by Crippen LogP contribution is 2.33. The Bertz CT molecular complexity index is 434. The van der Waals surface area contributed by atoms with E-state index in [1.165, 1.54) is 0 Å². The highest BCUT2D eigenvalue weighted by Gasteiger charge is 2.28. The van der Waals surface area contributed by atoms with Gasteiger partial charge in [0.15, 0.2) is 6.10 Å². The van der Waals surface area contributed by atoms with Crippen molar-refractivity contribution >= 4 is 5.91 Å². The summed E-state index contributed by atoms with van der Waals surface area (Å²) in [5, 5.41) is 2.75. The van der Waals surface area contributed by atoms with Crippen LogP contribution in [0.2, 0.25) is 0 Å². The van der Waals surface area contributed by atoms with E-state index in [0.717, 1.165) is 23.3 Å². The molecule has 0 aliphatic carbocycles. The Hall–Kier alpha value is -1.59. The molecule has 0 fully saturated rings. The zero-order valence-electron chi connectivity index (χ0n) is 10.4. The molecular formula is C13H18N2O3. The number of carbonyl (C=O) groups excluding carboxylic acids is 1. The molecule has 0 saturated heterocycles. The second-order valence-electron chi connectivity index (χ2n) is 4.11. The van der Waals surface area contributed by atoms with E-state index in [1.807, 2.05) is 18.2 Å². The molecule has 0 radical (unpaired) electrons. The van der Waals surface area contributed by atoms with Crippen molar-refractivity contribution in [3.8, 4) is 5.75 Å². The summed E-state index contributed by atoms with van der Waals surface area (Å²) in [4.78, 5) is 12.0. The van der Waals surface area contributed by atoms with E-state index in [4.69, 9.17) is 15.2 Å². The van der Waals surface area contributed by atoms with Gasteiger partial charge in [-0.2, -0.15) is 0 Å². The second-order valence-corrected chi connectivity index (χ2v) is 4.11. The monoisotopic (exact) mass is 250 g/mol. The van der Waals surface area contributed by atoms with Gasteiger partial charge in [-0.1, -0.05) is 12.1 Å². The fraction of sp³-hybridized carbons (Fsp3) is 0.462. The van der Waals surface area contributed by atoms with Crippen molar-refractivity contribution in [1.29, 1.82) is 0 Å². The quantitative estimate of drug-likeness (QED) is 0.810. The van der Waals surface area contributed by atoms with Gasteiger partial charge in [-0.3, -0.25) is 4.79 Å². The average Bonchev–Trinajstić information content (AvgIpc) is 2.43. The molecule has 0 saturated carbocycles. The van der Waals surface area contributed by atoms with Crippen LogP contribution in [0.3, 0.4) is 0 Å². The largest absolute Gasteiger partial charge is 0.496 e. The van der Waals surface area contributed by atoms with Crippen LogP contribution in [0.5, 0.6) is 5.75 Å². The van der Waals surface area contributed by atoms with Crippen LogP contribution in [0.1, 0.15) is 17.2 Å². The second kappa shape index (κ2) is 5.84. The third-order valence-corrected chi connectivity index (χ3v) is 2.99. The predicted molar refractivity (Wildman–Crippen MR) is 67.5 cm³/mol. The van der Waals surface area contributed by atoms with Crippen LogP contribution in [0, 0.1) is 0 Å². The smallest absolute Gasteiger partial charge is 0.253 e. The van der Waals surface area contributed by atoms with E-state index in [0.29, 0.717) is 19.7 Å². The molecule has 1 heterocycles. The van der Waals surface area contributed by atoms with E-state index >= 15 is 0 Å². The maximum absolute atomic E-state index is 12.0. The zero-order chi connectivity index (χ0) is 13.0. The van der Waals surface area contributed by atoms with Crippen LogP contribution in [0.25, 0.3) is 0 Å². The van der Waals surface area contributed by atoms with Crippen LogP contribution < -0.4 is 15.8 Å². The first kappa shape index (κ1) is 12.9. The molecular weight excluding hydrogens is 232 g/mol. The fourth-order valence-corrected chi connectivity index (χ4v) is 2.16. The molecule has 1 aliphatic rings. The van der Waals surface area contributed by atoms with E-state index < -0.39 is 6.10 Å². The van der Waals surface area contributed by atoms with Crippen LogP contribution >= 0.6 is 0 Å². The summed E-state index contributed by atoms with van der Waals surface area (Å²) in [6, 6.07) is 5.68. The normalized spacial score (nSPS) is 18.0. The Morgan fingerprint density at radius 3 is 3.17 bits per heavy atom. The zero-order valence-corrected chi connectivity index (χ0v) is 10.4. The summed E-state index contributed by atoms with van der Waals surface area (Å²) in [7, 11) is 1.63. The number of nitrogens with one attached hydrogen (secondary N) is 1. The first-order chi connectivity index (χ1) is 8.77. The molecule has 1 aliphatic heterocycles. The number of nitrogens with two attached hydrogens (primary N) is 1. The summed E-state index contributed by atoms with van der Waals surface area (Å²) < 4.78 is 10.9. The number of methoxy groups -OCH3 is 1. The lowest BCUT2D eigenvalue weighted by Gasteiger charge is -2.26. The number of amides is 1. The van der Waals surface area contributed by atoms with Gasteiger partial charge in [-0.05, 0) is 18.1 Å². The fourth-order valence-electron chi connectivity index (χ4n) is 2.16. The number of rotatable bonds is 4. The Morgan fingerprint density at radius 1 is 1.61 bits per heavy atom. The Morgan fingerprint density at radius 2 is 2.44 bits per heavy atom. The number of ether oxygens (including phenoxy) is 2. The molecule has 5 nitrogen and oxygen atoms in total. The van der Waals surface area contributed by atoms with E-state index in [1.54, 1.807) is 7.11 Å². The lowest BCUT2D eigenvalue weighted by molar-refractivity contribution is -0.134. The van der Waals surface area contributed by atoms with Crippen LogP contribution in [-0.2, 0) is 16.0 Å². The summed E-state index contributed by atoms with van der Waals surface area (Å²) in [6.07, 6.45) is 0.204. The topological polar surface area (TPSA) is 73.6 Å². The number of carbonyl (C=O) groups is 1. The van der Waals surface area contributed by atoms with Gasteiger partial charge >= 0.3 is 0 Å². The molecule has 1 atom stereocenters. The first-order valence-corrected chi connectivity index (χ1v) is 6.03. The van der Waals surface area contributed by atoms with E-state index in [9.17, 15) is 4.79 Å². The molecule has 98 valence electrons. The maximum atomic E-state index is 12.0. The van der Waals surface area contributed by atoms with Crippen LogP contribution in [-0.4, -0.2) is 32.7 Å². The van der Waals surface area contributed by atoms with Gasteiger partial charge in [0.2, 0.25) is 0 Å². The standard InChI is InChI=1S/C13H18N2O3/c1-17-11-4-2-3-10-9(11)5-8-18-12(10)13(16)15-7-6-14/h2-4,12H,5-8,14H2,1H3,(H,15,16)/t12-/m0/s1. The number of benzene rings is 1. The van der Waals surface area contributed by atoms with Crippen molar-refractivity contribution in [2.75, 3.05) is 26.8 Å². The minimum absolute atomic E-state index is 0.144. The van der Waals surface area contributed by atoms with Gasteiger partial charge in [-0.15, -0.1) is 0 Å². The third-order valence-electron chi connectivity index (χ3n) is 2.99. The summed E-state index contributed by atoms with van der Waals surface area (Å²) in [6.45, 7) is 1.40. The van der Waals surface area contributed by atoms with Crippen molar-refractivity contribution < 1.29 is 14.3 Å². The molecule has 5 heteroatoms. The van der Waals surface area contributed by atoms with Gasteiger partial charge in [0, 0.05) is 18.7 Å². The van der Waals surface area contributed by atoms with E-state index in [2.05, 4.69) is 5.32 Å². The number of hydrogen-bond donors (Lipinski definition) is 2. The minimum atomic E-state index is -0.560. The van der Waals surface area contributed by atoms with Crippen molar-refractivity contribution in [3.05, 3.63) is 29.3 Å². The lowest BCUT2D eigenvalue weighted by Crippen LogP contribution is -2.36. The summed E-state index contributed by atoms with van der Waals surface area (Å²) >= 11 is 0. The van der Waals surface area contributed by atoms with Crippen LogP contribution in [0.15, 0.2) is 18.2 Å². The van der Waals surface area contributed by atoms with Crippen molar-refractivity contribution in [1.82, 2.24) is 5.32 Å². The molecule has 1 aromatic rings. The van der Waals surface area contributed by atoms with E-state index in [-0.39, 0.29) is 5.91 Å². The molecule has 18 heavy (non-hydrogen) atoms. The third kappa shape index (κ3) is 2.47. The van der Waals surface area contributed by atoms with Gasteiger partial charge in [-0.25, -0.2) is 0 Å². The lowest BCUT2D eigenvalue weighted by atomic mass is 9.96. The Balaban J connectivity index is 2.25. The van der Waals surface area contributed by atoms with Gasteiger partial charge in [0.1, 0.15) is 5.75 Å². The Kier molecular flexibility index (Phi) is 4.17. The summed E-state index contributed by atoms with van der Waals surface area (Å²) in [5.41, 5.74) is 7.31. The average molecular weight is 250 g/mol. The number of hydrogen-bond acceptors (Lipinski definition) is 4. The highest BCUT2D eigenvalue weighted by atomic mass is 16.5. The van der Waals surface area contributed by atoms with Crippen molar-refractivity contribution in [3.63, 3.8) is 0 Å². The molecule has 1 amide bonds. The molecule has 0 aromatic heterocycles. The molecule has 2 rings (SSSR count). The predicted octanol–water partition coefficient (Wildman–Crippen LogP) is 0.384. The highest BCUT2D eigenvalue weighted by molar-refractivity contribution is 5.83. The van der Waals surface area contributed by atoms with Crippen molar-refractivity contribution in [2.45, 2.75) is 12.5 Å². The molecule has 0 bridgehead atoms. The van der Waals surface area contributed by atoms with Crippen molar-refractivity contribution in [2.24, 2.45) is 5.73 Å². The molecule has 0 spiro atoms. The molecule has 3 N–H and O–H groups in total. The molecule has 1 aromatic carbocycles. The maximum Gasteiger partial charge on any atom is 0.253 e. The van der Waals surface area contributed by atoms with Crippen LogP contribution in [0.4, 0.5) is 0 Å². The Labute approximate surface area is 106 Å².